The van der Waals surface area contributed by atoms with Gasteiger partial charge < -0.3 is 19.8 Å². The maximum Gasteiger partial charge on any atom is 0.350 e. The van der Waals surface area contributed by atoms with E-state index in [-0.39, 0.29) is 11.7 Å². The highest BCUT2D eigenvalue weighted by molar-refractivity contribution is 7.18. The van der Waals surface area contributed by atoms with Crippen LogP contribution in [-0.4, -0.2) is 24.9 Å². The summed E-state index contributed by atoms with van der Waals surface area (Å²) in [6.07, 6.45) is 1.40. The molecule has 2 N–H and O–H groups in total. The summed E-state index contributed by atoms with van der Waals surface area (Å²) in [5.41, 5.74) is 0.386. The van der Waals surface area contributed by atoms with Crippen molar-refractivity contribution in [3.63, 3.8) is 0 Å². The fraction of sp³-hybridized carbons (Fsp3) is 0.0625. The number of furan rings is 1. The molecule has 0 fully saturated rings. The monoisotopic (exact) mass is 376 g/mol. The molecule has 2 amide bonds. The molecule has 0 saturated heterocycles. The van der Waals surface area contributed by atoms with E-state index in [4.69, 9.17) is 4.42 Å². The lowest BCUT2D eigenvalue weighted by molar-refractivity contribution is 0.0607. The molecule has 128 valence electrons. The average Bonchev–Trinajstić information content (AvgIpc) is 3.35. The van der Waals surface area contributed by atoms with Gasteiger partial charge >= 0.3 is 5.97 Å². The van der Waals surface area contributed by atoms with Crippen molar-refractivity contribution in [3.05, 3.63) is 57.5 Å². The van der Waals surface area contributed by atoms with Crippen LogP contribution in [0.1, 0.15) is 29.9 Å². The quantitative estimate of drug-likeness (QED) is 0.662. The van der Waals surface area contributed by atoms with Crippen LogP contribution in [-0.2, 0) is 4.74 Å². The lowest BCUT2D eigenvalue weighted by atomic mass is 10.3. The highest BCUT2D eigenvalue weighted by Gasteiger charge is 2.18. The maximum absolute atomic E-state index is 12.3. The van der Waals surface area contributed by atoms with E-state index in [1.807, 2.05) is 0 Å². The molecule has 0 aliphatic carbocycles. The number of esters is 1. The summed E-state index contributed by atoms with van der Waals surface area (Å²) in [6.45, 7) is 0. The van der Waals surface area contributed by atoms with Gasteiger partial charge in [-0.3, -0.25) is 9.59 Å². The van der Waals surface area contributed by atoms with Gasteiger partial charge in [0.2, 0.25) is 0 Å². The van der Waals surface area contributed by atoms with E-state index >= 15 is 0 Å². The van der Waals surface area contributed by atoms with Crippen LogP contribution in [0.15, 0.2) is 46.4 Å². The second kappa shape index (κ2) is 7.32. The van der Waals surface area contributed by atoms with Crippen molar-refractivity contribution in [1.82, 2.24) is 0 Å². The van der Waals surface area contributed by atoms with Crippen molar-refractivity contribution in [2.45, 2.75) is 0 Å². The Balaban J connectivity index is 1.68. The van der Waals surface area contributed by atoms with Gasteiger partial charge in [0.05, 0.1) is 28.9 Å². The second-order valence-corrected chi connectivity index (χ2v) is 6.70. The number of anilines is 2. The number of carbonyl (C=O) groups is 3. The number of nitrogens with one attached hydrogen (secondary N) is 2. The van der Waals surface area contributed by atoms with Gasteiger partial charge in [0.1, 0.15) is 4.88 Å². The third-order valence-electron chi connectivity index (χ3n) is 3.10. The molecule has 0 bridgehead atoms. The Morgan fingerprint density at radius 2 is 1.92 bits per heavy atom. The fourth-order valence-corrected chi connectivity index (χ4v) is 3.51. The first-order valence-electron chi connectivity index (χ1n) is 7.00. The van der Waals surface area contributed by atoms with Crippen LogP contribution in [0.2, 0.25) is 0 Å². The summed E-state index contributed by atoms with van der Waals surface area (Å²) >= 11 is 2.29. The SMILES string of the molecule is COC(=O)c1sccc1NC(=O)c1ccc(NC(=O)c2ccco2)s1. The zero-order valence-corrected chi connectivity index (χ0v) is 14.5. The molecule has 0 aromatic carbocycles. The molecule has 0 unspecified atom stereocenters. The number of ether oxygens (including phenoxy) is 1. The van der Waals surface area contributed by atoms with Crippen LogP contribution in [0.3, 0.4) is 0 Å². The van der Waals surface area contributed by atoms with Crippen LogP contribution in [0, 0.1) is 0 Å². The van der Waals surface area contributed by atoms with Crippen molar-refractivity contribution >= 4 is 51.1 Å². The Labute approximate surface area is 150 Å². The highest BCUT2D eigenvalue weighted by atomic mass is 32.1. The van der Waals surface area contributed by atoms with Gasteiger partial charge in [-0.25, -0.2) is 4.79 Å². The maximum atomic E-state index is 12.3. The Hall–Kier alpha value is -2.91. The Bertz CT molecular complexity index is 911. The minimum absolute atomic E-state index is 0.181. The molecule has 0 aliphatic heterocycles. The Kier molecular flexibility index (Phi) is 4.96. The van der Waals surface area contributed by atoms with Crippen molar-refractivity contribution in [2.24, 2.45) is 0 Å². The van der Waals surface area contributed by atoms with Crippen molar-refractivity contribution < 1.29 is 23.5 Å². The molecule has 0 radical (unpaired) electrons. The molecular formula is C16H12N2O5S2. The second-order valence-electron chi connectivity index (χ2n) is 4.70. The molecule has 3 heterocycles. The number of methoxy groups -OCH3 is 1. The Morgan fingerprint density at radius 3 is 2.64 bits per heavy atom. The number of amides is 2. The molecular weight excluding hydrogens is 364 g/mol. The molecule has 3 rings (SSSR count). The summed E-state index contributed by atoms with van der Waals surface area (Å²) in [4.78, 5) is 36.6. The summed E-state index contributed by atoms with van der Waals surface area (Å²) in [7, 11) is 1.28. The predicted molar refractivity (Wildman–Crippen MR) is 94.6 cm³/mol. The van der Waals surface area contributed by atoms with E-state index in [0.29, 0.717) is 20.4 Å². The lowest BCUT2D eigenvalue weighted by Gasteiger charge is -2.04. The number of carbonyl (C=O) groups excluding carboxylic acids is 3. The molecule has 3 aromatic heterocycles. The third kappa shape index (κ3) is 3.78. The van der Waals surface area contributed by atoms with Gasteiger partial charge in [-0.1, -0.05) is 0 Å². The first kappa shape index (κ1) is 16.9. The molecule has 3 aromatic rings. The normalized spacial score (nSPS) is 10.3. The average molecular weight is 376 g/mol. The summed E-state index contributed by atoms with van der Waals surface area (Å²) in [5.74, 6) is -1.11. The van der Waals surface area contributed by atoms with Gasteiger partial charge in [0.15, 0.2) is 5.76 Å². The van der Waals surface area contributed by atoms with E-state index in [0.717, 1.165) is 11.3 Å². The van der Waals surface area contributed by atoms with Crippen LogP contribution < -0.4 is 10.6 Å². The van der Waals surface area contributed by atoms with E-state index in [2.05, 4.69) is 15.4 Å². The summed E-state index contributed by atoms with van der Waals surface area (Å²) in [5, 5.41) is 7.51. The molecule has 0 atom stereocenters. The van der Waals surface area contributed by atoms with Crippen LogP contribution >= 0.6 is 22.7 Å². The zero-order chi connectivity index (χ0) is 17.8. The number of thiophene rings is 2. The molecule has 9 heteroatoms. The van der Waals surface area contributed by atoms with Gasteiger partial charge in [0.25, 0.3) is 11.8 Å². The first-order chi connectivity index (χ1) is 12.1. The van der Waals surface area contributed by atoms with Gasteiger partial charge in [-0.05, 0) is 35.7 Å². The standard InChI is InChI=1S/C16H12N2O5S2/c1-22-16(21)13-9(6-8-24-13)17-15(20)11-4-5-12(25-11)18-14(19)10-3-2-7-23-10/h2-8H,1H3,(H,17,20)(H,18,19). The molecule has 0 aliphatic rings. The summed E-state index contributed by atoms with van der Waals surface area (Å²) < 4.78 is 9.68. The topological polar surface area (TPSA) is 97.6 Å². The summed E-state index contributed by atoms with van der Waals surface area (Å²) in [6, 6.07) is 7.99. The number of hydrogen-bond donors (Lipinski definition) is 2. The molecule has 7 nitrogen and oxygen atoms in total. The smallest absolute Gasteiger partial charge is 0.350 e. The first-order valence-corrected chi connectivity index (χ1v) is 8.70. The van der Waals surface area contributed by atoms with Crippen LogP contribution in [0.5, 0.6) is 0 Å². The van der Waals surface area contributed by atoms with Crippen molar-refractivity contribution in [2.75, 3.05) is 17.7 Å². The lowest BCUT2D eigenvalue weighted by Crippen LogP contribution is -2.12. The highest BCUT2D eigenvalue weighted by Crippen LogP contribution is 2.27. The van der Waals surface area contributed by atoms with Gasteiger partial charge in [-0.15, -0.1) is 22.7 Å². The molecule has 0 spiro atoms. The molecule has 25 heavy (non-hydrogen) atoms. The van der Waals surface area contributed by atoms with E-state index < -0.39 is 11.9 Å². The van der Waals surface area contributed by atoms with Gasteiger partial charge in [0, 0.05) is 0 Å². The number of rotatable bonds is 5. The largest absolute Gasteiger partial charge is 0.465 e. The van der Waals surface area contributed by atoms with Crippen LogP contribution in [0.4, 0.5) is 10.7 Å². The predicted octanol–water partition coefficient (Wildman–Crippen LogP) is 3.69. The number of hydrogen-bond acceptors (Lipinski definition) is 7. The van der Waals surface area contributed by atoms with E-state index in [1.54, 1.807) is 35.7 Å². The third-order valence-corrected chi connectivity index (χ3v) is 4.99. The zero-order valence-electron chi connectivity index (χ0n) is 12.9. The molecule has 0 saturated carbocycles. The van der Waals surface area contributed by atoms with E-state index in [1.165, 1.54) is 24.7 Å². The van der Waals surface area contributed by atoms with E-state index in [9.17, 15) is 14.4 Å². The minimum atomic E-state index is -0.511. The van der Waals surface area contributed by atoms with Crippen LogP contribution in [0.25, 0.3) is 0 Å². The fourth-order valence-electron chi connectivity index (χ4n) is 1.95. The minimum Gasteiger partial charge on any atom is -0.465 e. The van der Waals surface area contributed by atoms with Crippen molar-refractivity contribution in [1.29, 1.82) is 0 Å². The van der Waals surface area contributed by atoms with Crippen molar-refractivity contribution in [3.8, 4) is 0 Å². The Morgan fingerprint density at radius 1 is 1.08 bits per heavy atom. The van der Waals surface area contributed by atoms with Gasteiger partial charge in [-0.2, -0.15) is 0 Å².